The summed E-state index contributed by atoms with van der Waals surface area (Å²) in [7, 11) is 0. The molecule has 0 fully saturated rings. The molecule has 0 saturated carbocycles. The largest absolute Gasteiger partial charge is 0.480 e. The van der Waals surface area contributed by atoms with E-state index in [9.17, 15) is 9.90 Å². The second kappa shape index (κ2) is 8.14. The zero-order chi connectivity index (χ0) is 16.8. The van der Waals surface area contributed by atoms with Crippen molar-refractivity contribution in [3.63, 3.8) is 0 Å². The predicted molar refractivity (Wildman–Crippen MR) is 94.0 cm³/mol. The number of benzene rings is 2. The quantitative estimate of drug-likeness (QED) is 0.802. The summed E-state index contributed by atoms with van der Waals surface area (Å²) in [5, 5.41) is 13.4. The van der Waals surface area contributed by atoms with Crippen LogP contribution in [-0.2, 0) is 11.2 Å². The van der Waals surface area contributed by atoms with E-state index in [-0.39, 0.29) is 12.0 Å². The Morgan fingerprint density at radius 2 is 1.70 bits per heavy atom. The Balaban J connectivity index is 2.04. The van der Waals surface area contributed by atoms with Gasteiger partial charge < -0.3 is 10.4 Å². The first-order valence-corrected chi connectivity index (χ1v) is 8.13. The molecular weight excluding hydrogens is 310 g/mol. The van der Waals surface area contributed by atoms with Crippen molar-refractivity contribution >= 4 is 17.6 Å². The first-order chi connectivity index (χ1) is 11.0. The lowest BCUT2D eigenvalue weighted by Crippen LogP contribution is -2.45. The topological polar surface area (TPSA) is 49.3 Å². The maximum atomic E-state index is 11.6. The molecule has 2 aromatic rings. The van der Waals surface area contributed by atoms with Gasteiger partial charge in [-0.2, -0.15) is 0 Å². The third-order valence-electron chi connectivity index (χ3n) is 4.19. The number of carbonyl (C=O) groups is 1. The molecule has 23 heavy (non-hydrogen) atoms. The summed E-state index contributed by atoms with van der Waals surface area (Å²) in [5.74, 6) is -0.645. The normalized spacial score (nSPS) is 14.9. The number of rotatable bonds is 7. The van der Waals surface area contributed by atoms with Crippen LogP contribution in [0.15, 0.2) is 54.6 Å². The maximum absolute atomic E-state index is 11.6. The van der Waals surface area contributed by atoms with E-state index in [1.54, 1.807) is 0 Å². The van der Waals surface area contributed by atoms with E-state index in [0.29, 0.717) is 11.4 Å². The van der Waals surface area contributed by atoms with Crippen LogP contribution in [0.3, 0.4) is 0 Å². The molecule has 0 aromatic heterocycles. The van der Waals surface area contributed by atoms with Gasteiger partial charge in [-0.1, -0.05) is 61.0 Å². The number of nitrogens with one attached hydrogen (secondary N) is 1. The number of carboxylic acids is 1. The molecule has 0 aliphatic carbocycles. The number of carboxylic acid groups (broad SMARTS) is 1. The molecule has 0 amide bonds. The highest BCUT2D eigenvalue weighted by atomic mass is 35.5. The van der Waals surface area contributed by atoms with Gasteiger partial charge in [0.05, 0.1) is 0 Å². The van der Waals surface area contributed by atoms with E-state index in [4.69, 9.17) is 11.6 Å². The predicted octanol–water partition coefficient (Wildman–Crippen LogP) is 4.12. The van der Waals surface area contributed by atoms with Crippen LogP contribution in [0.5, 0.6) is 0 Å². The molecule has 2 N–H and O–H groups in total. The third kappa shape index (κ3) is 5.08. The van der Waals surface area contributed by atoms with Crippen LogP contribution in [0.25, 0.3) is 0 Å². The van der Waals surface area contributed by atoms with Crippen molar-refractivity contribution < 1.29 is 9.90 Å². The van der Waals surface area contributed by atoms with Gasteiger partial charge in [-0.15, -0.1) is 0 Å². The monoisotopic (exact) mass is 331 g/mol. The van der Waals surface area contributed by atoms with Crippen LogP contribution < -0.4 is 5.32 Å². The molecule has 0 bridgehead atoms. The van der Waals surface area contributed by atoms with Gasteiger partial charge in [0.15, 0.2) is 0 Å². The molecule has 0 spiro atoms. The van der Waals surface area contributed by atoms with Crippen molar-refractivity contribution in [2.75, 3.05) is 0 Å². The Bertz CT molecular complexity index is 628. The fraction of sp³-hybridized carbons (Fsp3) is 0.316. The average Bonchev–Trinajstić information content (AvgIpc) is 2.55. The Hall–Kier alpha value is -1.84. The standard InChI is InChI=1S/C19H22ClNO2/c1-13(16-8-10-17(20)11-9-16)14(2)21-18(19(22)23)12-15-6-4-3-5-7-15/h3-11,13-14,18,21H,12H2,1-2H3,(H,22,23)/t13?,14?,18-/m0/s1. The summed E-state index contributed by atoms with van der Waals surface area (Å²) in [6.45, 7) is 4.10. The zero-order valence-electron chi connectivity index (χ0n) is 13.4. The molecule has 2 unspecified atom stereocenters. The molecule has 0 radical (unpaired) electrons. The molecule has 0 aliphatic heterocycles. The first kappa shape index (κ1) is 17.5. The Morgan fingerprint density at radius 3 is 2.26 bits per heavy atom. The maximum Gasteiger partial charge on any atom is 0.321 e. The number of hydrogen-bond donors (Lipinski definition) is 2. The van der Waals surface area contributed by atoms with E-state index < -0.39 is 12.0 Å². The highest BCUT2D eigenvalue weighted by molar-refractivity contribution is 6.30. The van der Waals surface area contributed by atoms with Gasteiger partial charge in [0.25, 0.3) is 0 Å². The highest BCUT2D eigenvalue weighted by Crippen LogP contribution is 2.21. The molecule has 0 aliphatic rings. The number of aliphatic carboxylic acids is 1. The third-order valence-corrected chi connectivity index (χ3v) is 4.44. The second-order valence-corrected chi connectivity index (χ2v) is 6.31. The highest BCUT2D eigenvalue weighted by Gasteiger charge is 2.23. The fourth-order valence-electron chi connectivity index (χ4n) is 2.58. The minimum Gasteiger partial charge on any atom is -0.480 e. The van der Waals surface area contributed by atoms with Crippen LogP contribution in [0.4, 0.5) is 0 Å². The van der Waals surface area contributed by atoms with E-state index in [1.807, 2.05) is 61.5 Å². The van der Waals surface area contributed by atoms with Gasteiger partial charge in [-0.05, 0) is 42.5 Å². The molecule has 122 valence electrons. The summed E-state index contributed by atoms with van der Waals surface area (Å²) in [4.78, 5) is 11.6. The summed E-state index contributed by atoms with van der Waals surface area (Å²) >= 11 is 5.92. The molecule has 2 aromatic carbocycles. The van der Waals surface area contributed by atoms with Crippen LogP contribution in [0.2, 0.25) is 5.02 Å². The van der Waals surface area contributed by atoms with Crippen LogP contribution >= 0.6 is 11.6 Å². The van der Waals surface area contributed by atoms with Gasteiger partial charge in [-0.3, -0.25) is 4.79 Å². The molecule has 4 heteroatoms. The van der Waals surface area contributed by atoms with Gasteiger partial charge in [0.2, 0.25) is 0 Å². The van der Waals surface area contributed by atoms with Crippen LogP contribution in [-0.4, -0.2) is 23.2 Å². The zero-order valence-corrected chi connectivity index (χ0v) is 14.1. The van der Waals surface area contributed by atoms with Crippen molar-refractivity contribution in [3.05, 3.63) is 70.7 Å². The molecule has 0 heterocycles. The summed E-state index contributed by atoms with van der Waals surface area (Å²) in [5.41, 5.74) is 2.15. The Labute approximate surface area is 142 Å². The summed E-state index contributed by atoms with van der Waals surface area (Å²) in [6, 6.07) is 16.8. The van der Waals surface area contributed by atoms with Gasteiger partial charge in [0.1, 0.15) is 6.04 Å². The summed E-state index contributed by atoms with van der Waals surface area (Å²) in [6.07, 6.45) is 0.466. The van der Waals surface area contributed by atoms with Gasteiger partial charge in [0, 0.05) is 11.1 Å². The molecule has 3 atom stereocenters. The minimum absolute atomic E-state index is 0.0287. The van der Waals surface area contributed by atoms with Crippen molar-refractivity contribution in [1.29, 1.82) is 0 Å². The van der Waals surface area contributed by atoms with Crippen molar-refractivity contribution in [2.24, 2.45) is 0 Å². The second-order valence-electron chi connectivity index (χ2n) is 5.88. The molecular formula is C19H22ClNO2. The van der Waals surface area contributed by atoms with E-state index in [2.05, 4.69) is 12.2 Å². The molecule has 0 saturated heterocycles. The van der Waals surface area contributed by atoms with Gasteiger partial charge >= 0.3 is 5.97 Å². The molecule has 3 nitrogen and oxygen atoms in total. The van der Waals surface area contributed by atoms with Crippen LogP contribution in [0.1, 0.15) is 30.9 Å². The van der Waals surface area contributed by atoms with E-state index >= 15 is 0 Å². The van der Waals surface area contributed by atoms with E-state index in [0.717, 1.165) is 11.1 Å². The smallest absolute Gasteiger partial charge is 0.321 e. The number of halogens is 1. The number of hydrogen-bond acceptors (Lipinski definition) is 2. The van der Waals surface area contributed by atoms with Crippen molar-refractivity contribution in [2.45, 2.75) is 38.3 Å². The van der Waals surface area contributed by atoms with Crippen molar-refractivity contribution in [1.82, 2.24) is 5.32 Å². The van der Waals surface area contributed by atoms with E-state index in [1.165, 1.54) is 0 Å². The van der Waals surface area contributed by atoms with Crippen LogP contribution in [0, 0.1) is 0 Å². The lowest BCUT2D eigenvalue weighted by molar-refractivity contribution is -0.139. The lowest BCUT2D eigenvalue weighted by atomic mass is 9.93. The lowest BCUT2D eigenvalue weighted by Gasteiger charge is -2.26. The molecule has 2 rings (SSSR count). The Kier molecular flexibility index (Phi) is 6.20. The Morgan fingerprint density at radius 1 is 1.09 bits per heavy atom. The van der Waals surface area contributed by atoms with Gasteiger partial charge in [-0.25, -0.2) is 0 Å². The fourth-order valence-corrected chi connectivity index (χ4v) is 2.71. The minimum atomic E-state index is -0.830. The summed E-state index contributed by atoms with van der Waals surface area (Å²) < 4.78 is 0. The SMILES string of the molecule is CC(N[C@@H](Cc1ccccc1)C(=O)O)C(C)c1ccc(Cl)cc1. The first-order valence-electron chi connectivity index (χ1n) is 7.75. The van der Waals surface area contributed by atoms with Crippen molar-refractivity contribution in [3.8, 4) is 0 Å². The average molecular weight is 332 g/mol.